The normalized spacial score (nSPS) is 14.0. The summed E-state index contributed by atoms with van der Waals surface area (Å²) in [6, 6.07) is 7.32. The van der Waals surface area contributed by atoms with Gasteiger partial charge in [0.1, 0.15) is 5.75 Å². The van der Waals surface area contributed by atoms with Gasteiger partial charge in [0.2, 0.25) is 11.8 Å². The van der Waals surface area contributed by atoms with Crippen molar-refractivity contribution < 1.29 is 14.3 Å². The maximum absolute atomic E-state index is 11.8. The fourth-order valence-electron chi connectivity index (χ4n) is 2.30. The van der Waals surface area contributed by atoms with Crippen molar-refractivity contribution in [2.45, 2.75) is 31.8 Å². The highest BCUT2D eigenvalue weighted by atomic mass is 35.5. The molecule has 7 heteroatoms. The van der Waals surface area contributed by atoms with Gasteiger partial charge in [0.05, 0.1) is 24.9 Å². The van der Waals surface area contributed by atoms with Gasteiger partial charge in [-0.15, -0.1) is 12.4 Å². The summed E-state index contributed by atoms with van der Waals surface area (Å²) < 4.78 is 5.93. The summed E-state index contributed by atoms with van der Waals surface area (Å²) in [4.78, 5) is 22.8. The fraction of sp³-hybridized carbons (Fsp3) is 0.467. The summed E-state index contributed by atoms with van der Waals surface area (Å²) in [5.41, 5.74) is 5.78. The molecule has 0 atom stereocenters. The van der Waals surface area contributed by atoms with E-state index in [1.807, 2.05) is 18.2 Å². The predicted octanol–water partition coefficient (Wildman–Crippen LogP) is 1.44. The molecule has 4 N–H and O–H groups in total. The minimum absolute atomic E-state index is 0. The molecule has 0 radical (unpaired) electrons. The average molecular weight is 328 g/mol. The van der Waals surface area contributed by atoms with Gasteiger partial charge in [-0.2, -0.15) is 0 Å². The molecule has 1 aliphatic rings. The number of benzene rings is 1. The number of ether oxygens (including phenoxy) is 1. The van der Waals surface area contributed by atoms with E-state index >= 15 is 0 Å². The zero-order chi connectivity index (χ0) is 15.1. The van der Waals surface area contributed by atoms with Crippen LogP contribution in [0.3, 0.4) is 0 Å². The number of para-hydroxylation sites is 2. The van der Waals surface area contributed by atoms with E-state index in [1.165, 1.54) is 12.8 Å². The van der Waals surface area contributed by atoms with Crippen LogP contribution >= 0.6 is 12.4 Å². The predicted molar refractivity (Wildman–Crippen MR) is 87.3 cm³/mol. The second kappa shape index (κ2) is 9.27. The molecule has 2 rings (SSSR count). The smallest absolute Gasteiger partial charge is 0.243 e. The molecule has 0 bridgehead atoms. The Morgan fingerprint density at radius 1 is 1.18 bits per heavy atom. The van der Waals surface area contributed by atoms with Crippen molar-refractivity contribution in [2.24, 2.45) is 5.73 Å². The van der Waals surface area contributed by atoms with Gasteiger partial charge in [0.15, 0.2) is 0 Å². The first-order chi connectivity index (χ1) is 10.2. The first-order valence-corrected chi connectivity index (χ1v) is 7.21. The molecule has 1 aliphatic carbocycles. The first-order valence-electron chi connectivity index (χ1n) is 7.21. The number of nitrogens with one attached hydrogen (secondary N) is 2. The van der Waals surface area contributed by atoms with Crippen molar-refractivity contribution in [1.29, 1.82) is 0 Å². The Morgan fingerprint density at radius 3 is 2.55 bits per heavy atom. The van der Waals surface area contributed by atoms with Crippen LogP contribution in [0.5, 0.6) is 5.75 Å². The maximum atomic E-state index is 11.8. The largest absolute Gasteiger partial charge is 0.488 e. The van der Waals surface area contributed by atoms with Gasteiger partial charge in [-0.05, 0) is 37.8 Å². The van der Waals surface area contributed by atoms with Crippen LogP contribution in [0, 0.1) is 0 Å². The van der Waals surface area contributed by atoms with E-state index in [9.17, 15) is 9.59 Å². The SMILES string of the molecule is Cl.NCC(=O)NCC(=O)Nc1ccccc1OC1CCCC1. The lowest BCUT2D eigenvalue weighted by Gasteiger charge is -2.17. The summed E-state index contributed by atoms with van der Waals surface area (Å²) in [6.45, 7) is -0.234. The Bertz CT molecular complexity index is 505. The average Bonchev–Trinajstić information content (AvgIpc) is 3.00. The molecule has 0 saturated heterocycles. The van der Waals surface area contributed by atoms with Gasteiger partial charge >= 0.3 is 0 Å². The molecule has 1 saturated carbocycles. The highest BCUT2D eigenvalue weighted by Gasteiger charge is 2.18. The van der Waals surface area contributed by atoms with Crippen LogP contribution < -0.4 is 21.1 Å². The third kappa shape index (κ3) is 5.54. The van der Waals surface area contributed by atoms with E-state index in [1.54, 1.807) is 6.07 Å². The summed E-state index contributed by atoms with van der Waals surface area (Å²) >= 11 is 0. The number of hydrogen-bond acceptors (Lipinski definition) is 4. The van der Waals surface area contributed by atoms with Crippen LogP contribution in [0.1, 0.15) is 25.7 Å². The van der Waals surface area contributed by atoms with Crippen molar-refractivity contribution in [3.05, 3.63) is 24.3 Å². The van der Waals surface area contributed by atoms with Gasteiger partial charge in [0.25, 0.3) is 0 Å². The summed E-state index contributed by atoms with van der Waals surface area (Å²) in [6.07, 6.45) is 4.69. The lowest BCUT2D eigenvalue weighted by Crippen LogP contribution is -2.36. The Morgan fingerprint density at radius 2 is 1.86 bits per heavy atom. The lowest BCUT2D eigenvalue weighted by atomic mass is 10.2. The number of nitrogens with two attached hydrogens (primary N) is 1. The molecule has 1 fully saturated rings. The Balaban J connectivity index is 0.00000242. The van der Waals surface area contributed by atoms with Crippen LogP contribution in [0.2, 0.25) is 0 Å². The zero-order valence-electron chi connectivity index (χ0n) is 12.3. The number of carbonyl (C=O) groups excluding carboxylic acids is 2. The number of amides is 2. The first kappa shape index (κ1) is 18.3. The third-order valence-corrected chi connectivity index (χ3v) is 3.39. The monoisotopic (exact) mass is 327 g/mol. The molecule has 6 nitrogen and oxygen atoms in total. The van der Waals surface area contributed by atoms with Crippen LogP contribution in [0.4, 0.5) is 5.69 Å². The number of anilines is 1. The molecule has 0 unspecified atom stereocenters. The van der Waals surface area contributed by atoms with Gasteiger partial charge in [0, 0.05) is 0 Å². The van der Waals surface area contributed by atoms with Crippen LogP contribution in [-0.2, 0) is 9.59 Å². The standard InChI is InChI=1S/C15H21N3O3.ClH/c16-9-14(19)17-10-15(20)18-12-7-3-4-8-13(12)21-11-5-1-2-6-11;/h3-4,7-8,11H,1-2,5-6,9-10,16H2,(H,17,19)(H,18,20);1H. The highest BCUT2D eigenvalue weighted by Crippen LogP contribution is 2.29. The van der Waals surface area contributed by atoms with Gasteiger partial charge < -0.3 is 21.1 Å². The third-order valence-electron chi connectivity index (χ3n) is 3.39. The van der Waals surface area contributed by atoms with E-state index in [0.29, 0.717) is 11.4 Å². The maximum Gasteiger partial charge on any atom is 0.243 e. The molecule has 22 heavy (non-hydrogen) atoms. The van der Waals surface area contributed by atoms with Crippen molar-refractivity contribution in [3.63, 3.8) is 0 Å². The fourth-order valence-corrected chi connectivity index (χ4v) is 2.30. The minimum atomic E-state index is -0.361. The second-order valence-electron chi connectivity index (χ2n) is 5.05. The Hall–Kier alpha value is -1.79. The van der Waals surface area contributed by atoms with Crippen molar-refractivity contribution in [1.82, 2.24) is 5.32 Å². The van der Waals surface area contributed by atoms with Gasteiger partial charge in [-0.1, -0.05) is 12.1 Å². The Labute approximate surface area is 136 Å². The number of hydrogen-bond donors (Lipinski definition) is 3. The molecule has 1 aromatic rings. The second-order valence-corrected chi connectivity index (χ2v) is 5.05. The molecule has 122 valence electrons. The number of halogens is 1. The van der Waals surface area contributed by atoms with E-state index in [-0.39, 0.29) is 43.4 Å². The zero-order valence-corrected chi connectivity index (χ0v) is 13.2. The van der Waals surface area contributed by atoms with Crippen LogP contribution in [0.25, 0.3) is 0 Å². The van der Waals surface area contributed by atoms with E-state index in [0.717, 1.165) is 12.8 Å². The lowest BCUT2D eigenvalue weighted by molar-refractivity contribution is -0.123. The molecular formula is C15H22ClN3O3. The highest BCUT2D eigenvalue weighted by molar-refractivity contribution is 5.95. The minimum Gasteiger partial charge on any atom is -0.488 e. The Kier molecular flexibility index (Phi) is 7.70. The number of rotatable bonds is 6. The van der Waals surface area contributed by atoms with E-state index in [4.69, 9.17) is 10.5 Å². The number of carbonyl (C=O) groups is 2. The molecule has 0 aliphatic heterocycles. The van der Waals surface area contributed by atoms with Crippen molar-refractivity contribution >= 4 is 29.9 Å². The van der Waals surface area contributed by atoms with Gasteiger partial charge in [-0.3, -0.25) is 9.59 Å². The molecule has 2 amide bonds. The van der Waals surface area contributed by atoms with Crippen molar-refractivity contribution in [3.8, 4) is 5.75 Å². The molecular weight excluding hydrogens is 306 g/mol. The summed E-state index contributed by atoms with van der Waals surface area (Å²) in [5, 5.41) is 5.17. The van der Waals surface area contributed by atoms with Gasteiger partial charge in [-0.25, -0.2) is 0 Å². The van der Waals surface area contributed by atoms with Crippen LogP contribution in [-0.4, -0.2) is 31.0 Å². The van der Waals surface area contributed by atoms with E-state index in [2.05, 4.69) is 10.6 Å². The molecule has 0 aromatic heterocycles. The van der Waals surface area contributed by atoms with Crippen LogP contribution in [0.15, 0.2) is 24.3 Å². The summed E-state index contributed by atoms with van der Waals surface area (Å²) in [7, 11) is 0. The molecule has 0 spiro atoms. The topological polar surface area (TPSA) is 93.5 Å². The van der Waals surface area contributed by atoms with E-state index < -0.39 is 0 Å². The summed E-state index contributed by atoms with van der Waals surface area (Å²) in [5.74, 6) is 0.00261. The molecule has 1 aromatic carbocycles. The van der Waals surface area contributed by atoms with Crippen molar-refractivity contribution in [2.75, 3.05) is 18.4 Å². The molecule has 0 heterocycles. The quantitative estimate of drug-likeness (QED) is 0.737.